The Hall–Kier alpha value is -2.92. The standard InChI is InChI=1S/C20H18ClN3O2/c1-11-9-23-19-16(11)7-15(8-18(19)26-2)22-10-13-5-12-6-14(21)3-4-17(12)24-20(13)25/h3-9,22-23H,10H2,1-2H3,(H,24,25). The van der Waals surface area contributed by atoms with Crippen LogP contribution >= 0.6 is 11.6 Å². The number of pyridine rings is 1. The van der Waals surface area contributed by atoms with E-state index in [4.69, 9.17) is 16.3 Å². The van der Waals surface area contributed by atoms with Gasteiger partial charge >= 0.3 is 0 Å². The Morgan fingerprint density at radius 1 is 1.19 bits per heavy atom. The van der Waals surface area contributed by atoms with Gasteiger partial charge in [-0.3, -0.25) is 4.79 Å². The van der Waals surface area contributed by atoms with Crippen LogP contribution in [-0.2, 0) is 6.54 Å². The maximum Gasteiger partial charge on any atom is 0.253 e. The fraction of sp³-hybridized carbons (Fsp3) is 0.150. The molecule has 26 heavy (non-hydrogen) atoms. The van der Waals surface area contributed by atoms with Gasteiger partial charge in [-0.2, -0.15) is 0 Å². The lowest BCUT2D eigenvalue weighted by Crippen LogP contribution is -2.15. The lowest BCUT2D eigenvalue weighted by atomic mass is 10.1. The molecule has 0 amide bonds. The molecule has 4 aromatic rings. The molecule has 0 saturated carbocycles. The van der Waals surface area contributed by atoms with E-state index in [9.17, 15) is 4.79 Å². The van der Waals surface area contributed by atoms with Gasteiger partial charge in [-0.25, -0.2) is 0 Å². The molecule has 0 fully saturated rings. The molecule has 0 bridgehead atoms. The number of aryl methyl sites for hydroxylation is 1. The molecular formula is C20H18ClN3O2. The Bertz CT molecular complexity index is 1180. The molecule has 132 valence electrons. The van der Waals surface area contributed by atoms with Crippen molar-refractivity contribution in [1.29, 1.82) is 0 Å². The number of aromatic amines is 2. The average molecular weight is 368 g/mol. The highest BCUT2D eigenvalue weighted by atomic mass is 35.5. The van der Waals surface area contributed by atoms with Gasteiger partial charge in [0, 0.05) is 51.4 Å². The van der Waals surface area contributed by atoms with E-state index >= 15 is 0 Å². The first-order chi connectivity index (χ1) is 12.5. The second-order valence-corrected chi connectivity index (χ2v) is 6.72. The number of rotatable bonds is 4. The molecule has 0 aliphatic carbocycles. The highest BCUT2D eigenvalue weighted by Crippen LogP contribution is 2.31. The summed E-state index contributed by atoms with van der Waals surface area (Å²) >= 11 is 6.05. The van der Waals surface area contributed by atoms with E-state index in [0.29, 0.717) is 17.1 Å². The summed E-state index contributed by atoms with van der Waals surface area (Å²) in [6.07, 6.45) is 1.95. The van der Waals surface area contributed by atoms with Gasteiger partial charge in [0.2, 0.25) is 0 Å². The molecule has 0 unspecified atom stereocenters. The summed E-state index contributed by atoms with van der Waals surface area (Å²) in [5.41, 5.74) is 4.30. The van der Waals surface area contributed by atoms with Crippen LogP contribution in [0.4, 0.5) is 5.69 Å². The molecule has 0 atom stereocenters. The fourth-order valence-electron chi connectivity index (χ4n) is 3.15. The van der Waals surface area contributed by atoms with Gasteiger partial charge in [-0.05, 0) is 42.8 Å². The van der Waals surface area contributed by atoms with E-state index in [1.165, 1.54) is 0 Å². The third kappa shape index (κ3) is 2.91. The number of anilines is 1. The predicted molar refractivity (Wildman–Crippen MR) is 106 cm³/mol. The molecule has 4 rings (SSSR count). The Balaban J connectivity index is 1.67. The van der Waals surface area contributed by atoms with Gasteiger partial charge in [0.1, 0.15) is 5.75 Å². The number of methoxy groups -OCH3 is 1. The van der Waals surface area contributed by atoms with E-state index in [2.05, 4.69) is 21.4 Å². The van der Waals surface area contributed by atoms with Gasteiger partial charge in [-0.1, -0.05) is 11.6 Å². The van der Waals surface area contributed by atoms with Gasteiger partial charge in [0.15, 0.2) is 0 Å². The molecule has 3 N–H and O–H groups in total. The SMILES string of the molecule is COc1cc(NCc2cc3cc(Cl)ccc3[nH]c2=O)cc2c(C)c[nH]c12. The topological polar surface area (TPSA) is 69.9 Å². The summed E-state index contributed by atoms with van der Waals surface area (Å²) in [5, 5.41) is 5.95. The first-order valence-corrected chi connectivity index (χ1v) is 8.64. The highest BCUT2D eigenvalue weighted by Gasteiger charge is 2.09. The fourth-order valence-corrected chi connectivity index (χ4v) is 3.33. The van der Waals surface area contributed by atoms with Gasteiger partial charge in [-0.15, -0.1) is 0 Å². The van der Waals surface area contributed by atoms with E-state index in [-0.39, 0.29) is 5.56 Å². The third-order valence-corrected chi connectivity index (χ3v) is 4.78. The quantitative estimate of drug-likeness (QED) is 0.494. The Labute approximate surface area is 155 Å². The lowest BCUT2D eigenvalue weighted by molar-refractivity contribution is 0.419. The first-order valence-electron chi connectivity index (χ1n) is 8.26. The smallest absolute Gasteiger partial charge is 0.253 e. The normalized spacial score (nSPS) is 11.2. The number of aromatic nitrogens is 2. The highest BCUT2D eigenvalue weighted by molar-refractivity contribution is 6.31. The van der Waals surface area contributed by atoms with Crippen molar-refractivity contribution in [2.45, 2.75) is 13.5 Å². The molecule has 0 saturated heterocycles. The predicted octanol–water partition coefficient (Wildman–Crippen LogP) is 4.59. The van der Waals surface area contributed by atoms with Crippen molar-refractivity contribution in [3.05, 3.63) is 69.1 Å². The van der Waals surface area contributed by atoms with Crippen LogP contribution in [0.15, 0.2) is 47.4 Å². The van der Waals surface area contributed by atoms with Crippen LogP contribution in [0.25, 0.3) is 21.8 Å². The van der Waals surface area contributed by atoms with Crippen LogP contribution in [0, 0.1) is 6.92 Å². The third-order valence-electron chi connectivity index (χ3n) is 4.55. The van der Waals surface area contributed by atoms with Crippen LogP contribution in [0.5, 0.6) is 5.75 Å². The minimum atomic E-state index is -0.113. The van der Waals surface area contributed by atoms with E-state index in [1.54, 1.807) is 13.2 Å². The molecule has 0 aliphatic heterocycles. The van der Waals surface area contributed by atoms with Crippen molar-refractivity contribution >= 4 is 39.1 Å². The van der Waals surface area contributed by atoms with Gasteiger partial charge < -0.3 is 20.0 Å². The summed E-state index contributed by atoms with van der Waals surface area (Å²) in [7, 11) is 1.65. The molecule has 6 heteroatoms. The van der Waals surface area contributed by atoms with Crippen LogP contribution in [-0.4, -0.2) is 17.1 Å². The minimum Gasteiger partial charge on any atom is -0.494 e. The number of hydrogen-bond donors (Lipinski definition) is 3. The number of H-pyrrole nitrogens is 2. The first kappa shape index (κ1) is 16.5. The molecule has 2 heterocycles. The van der Waals surface area contributed by atoms with E-state index in [1.807, 2.05) is 37.4 Å². The number of halogens is 1. The number of benzene rings is 2. The van der Waals surface area contributed by atoms with Crippen molar-refractivity contribution in [2.75, 3.05) is 12.4 Å². The number of fused-ring (bicyclic) bond motifs is 2. The summed E-state index contributed by atoms with van der Waals surface area (Å²) in [4.78, 5) is 18.4. The van der Waals surface area contributed by atoms with Gasteiger partial charge in [0.25, 0.3) is 5.56 Å². The maximum atomic E-state index is 12.3. The van der Waals surface area contributed by atoms with Crippen molar-refractivity contribution in [3.63, 3.8) is 0 Å². The minimum absolute atomic E-state index is 0.113. The molecular weight excluding hydrogens is 350 g/mol. The average Bonchev–Trinajstić information content (AvgIpc) is 3.01. The molecule has 0 aliphatic rings. The molecule has 2 aromatic carbocycles. The summed E-state index contributed by atoms with van der Waals surface area (Å²) in [6, 6.07) is 11.3. The zero-order chi connectivity index (χ0) is 18.3. The lowest BCUT2D eigenvalue weighted by Gasteiger charge is -2.10. The number of ether oxygens (including phenoxy) is 1. The van der Waals surface area contributed by atoms with Crippen molar-refractivity contribution in [3.8, 4) is 5.75 Å². The van der Waals surface area contributed by atoms with Crippen molar-refractivity contribution in [1.82, 2.24) is 9.97 Å². The summed E-state index contributed by atoms with van der Waals surface area (Å²) in [5.74, 6) is 0.761. The number of hydrogen-bond acceptors (Lipinski definition) is 3. The Morgan fingerprint density at radius 2 is 2.04 bits per heavy atom. The second-order valence-electron chi connectivity index (χ2n) is 6.28. The van der Waals surface area contributed by atoms with Gasteiger partial charge in [0.05, 0.1) is 12.6 Å². The molecule has 2 aromatic heterocycles. The van der Waals surface area contributed by atoms with E-state index < -0.39 is 0 Å². The maximum absolute atomic E-state index is 12.3. The van der Waals surface area contributed by atoms with Crippen LogP contribution in [0.1, 0.15) is 11.1 Å². The van der Waals surface area contributed by atoms with E-state index in [0.717, 1.165) is 38.8 Å². The monoisotopic (exact) mass is 367 g/mol. The summed E-state index contributed by atoms with van der Waals surface area (Å²) < 4.78 is 5.47. The van der Waals surface area contributed by atoms with Crippen LogP contribution in [0.2, 0.25) is 5.02 Å². The van der Waals surface area contributed by atoms with Crippen LogP contribution < -0.4 is 15.6 Å². The molecule has 0 radical (unpaired) electrons. The second kappa shape index (κ2) is 6.42. The summed E-state index contributed by atoms with van der Waals surface area (Å²) in [6.45, 7) is 2.44. The molecule has 0 spiro atoms. The zero-order valence-electron chi connectivity index (χ0n) is 14.4. The van der Waals surface area contributed by atoms with Crippen LogP contribution in [0.3, 0.4) is 0 Å². The van der Waals surface area contributed by atoms with Crippen molar-refractivity contribution in [2.24, 2.45) is 0 Å². The van der Waals surface area contributed by atoms with Crippen molar-refractivity contribution < 1.29 is 4.74 Å². The largest absolute Gasteiger partial charge is 0.494 e. The number of nitrogens with one attached hydrogen (secondary N) is 3. The molecule has 5 nitrogen and oxygen atoms in total. The Morgan fingerprint density at radius 3 is 2.85 bits per heavy atom. The zero-order valence-corrected chi connectivity index (χ0v) is 15.2. The Kier molecular flexibility index (Phi) is 4.09.